The quantitative estimate of drug-likeness (QED) is 0.260. The molecule has 0 aromatic heterocycles. The Bertz CT molecular complexity index is 788. The molecule has 7 nitrogen and oxygen atoms in total. The summed E-state index contributed by atoms with van der Waals surface area (Å²) in [4.78, 5) is 39.6. The average molecular weight is 495 g/mol. The maximum absolute atomic E-state index is 13.4. The molecule has 1 aromatic rings. The van der Waals surface area contributed by atoms with E-state index in [4.69, 9.17) is 9.84 Å². The van der Waals surface area contributed by atoms with Crippen LogP contribution < -0.4 is 5.32 Å². The van der Waals surface area contributed by atoms with Gasteiger partial charge < -0.3 is 19.5 Å². The Morgan fingerprint density at radius 1 is 1.27 bits per heavy atom. The molecule has 2 aliphatic rings. The lowest BCUT2D eigenvalue weighted by Gasteiger charge is -2.28. The molecule has 2 N–H and O–H groups in total. The number of aliphatic hydroxyl groups excluding tert-OH is 1. The molecule has 33 heavy (non-hydrogen) atoms. The second-order valence-corrected chi connectivity index (χ2v) is 11.8. The molecule has 0 radical (unpaired) electrons. The monoisotopic (exact) mass is 494 g/mol. The van der Waals surface area contributed by atoms with Crippen LogP contribution in [0.5, 0.6) is 0 Å². The van der Waals surface area contributed by atoms with Crippen molar-refractivity contribution in [1.29, 1.82) is 0 Å². The number of aldehydes is 1. The van der Waals surface area contributed by atoms with Gasteiger partial charge in [0.25, 0.3) is 0 Å². The summed E-state index contributed by atoms with van der Waals surface area (Å²) in [5, 5.41) is 12.1. The van der Waals surface area contributed by atoms with Gasteiger partial charge in [-0.25, -0.2) is 4.79 Å². The van der Waals surface area contributed by atoms with E-state index >= 15 is 0 Å². The highest BCUT2D eigenvalue weighted by molar-refractivity contribution is 8.21. The van der Waals surface area contributed by atoms with Gasteiger partial charge in [0.2, 0.25) is 5.91 Å². The van der Waals surface area contributed by atoms with Crippen molar-refractivity contribution < 1.29 is 24.2 Å². The first kappa shape index (κ1) is 26.1. The maximum Gasteiger partial charge on any atom is 0.328 e. The smallest absolute Gasteiger partial charge is 0.328 e. The molecular formula is C24H34N2O5S2. The molecule has 1 aromatic carbocycles. The summed E-state index contributed by atoms with van der Waals surface area (Å²) < 4.78 is 5.28. The van der Waals surface area contributed by atoms with Gasteiger partial charge in [0.1, 0.15) is 12.3 Å². The van der Waals surface area contributed by atoms with Crippen LogP contribution in [0.4, 0.5) is 0 Å². The lowest BCUT2D eigenvalue weighted by atomic mass is 10.1. The summed E-state index contributed by atoms with van der Waals surface area (Å²) >= 11 is 3.63. The fourth-order valence-electron chi connectivity index (χ4n) is 4.27. The van der Waals surface area contributed by atoms with Crippen molar-refractivity contribution in [2.24, 2.45) is 0 Å². The fraction of sp³-hybridized carbons (Fsp3) is 0.625. The van der Waals surface area contributed by atoms with E-state index in [1.165, 1.54) is 0 Å². The largest absolute Gasteiger partial charge is 0.464 e. The van der Waals surface area contributed by atoms with Crippen LogP contribution in [0, 0.1) is 0 Å². The van der Waals surface area contributed by atoms with Crippen molar-refractivity contribution in [2.75, 3.05) is 31.3 Å². The number of hydrogen-bond donors (Lipinski definition) is 2. The number of unbranched alkanes of at least 4 members (excludes halogenated alkanes) is 1. The van der Waals surface area contributed by atoms with Gasteiger partial charge in [-0.05, 0) is 38.2 Å². The predicted octanol–water partition coefficient (Wildman–Crippen LogP) is 2.26. The molecule has 1 amide bonds. The molecule has 0 saturated carbocycles. The molecule has 0 aliphatic carbocycles. The van der Waals surface area contributed by atoms with Crippen LogP contribution in [-0.4, -0.2) is 81.6 Å². The highest BCUT2D eigenvalue weighted by Crippen LogP contribution is 2.52. The Morgan fingerprint density at radius 3 is 2.67 bits per heavy atom. The third-order valence-corrected chi connectivity index (χ3v) is 9.47. The third-order valence-electron chi connectivity index (χ3n) is 6.04. The first-order valence-corrected chi connectivity index (χ1v) is 13.6. The summed E-state index contributed by atoms with van der Waals surface area (Å²) in [7, 11) is 0. The van der Waals surface area contributed by atoms with Gasteiger partial charge in [0.15, 0.2) is 0 Å². The average Bonchev–Trinajstić information content (AvgIpc) is 3.46. The van der Waals surface area contributed by atoms with Crippen LogP contribution in [0.1, 0.15) is 38.2 Å². The molecule has 3 unspecified atom stereocenters. The number of ether oxygens (including phenoxy) is 1. The van der Waals surface area contributed by atoms with E-state index in [0.29, 0.717) is 32.2 Å². The zero-order chi connectivity index (χ0) is 23.7. The van der Waals surface area contributed by atoms with Crippen LogP contribution in [-0.2, 0) is 25.5 Å². The third kappa shape index (κ3) is 7.21. The Morgan fingerprint density at radius 2 is 2.00 bits per heavy atom. The number of benzene rings is 1. The Labute approximate surface area is 204 Å². The zero-order valence-corrected chi connectivity index (χ0v) is 20.7. The Balaban J connectivity index is 1.61. The second-order valence-electron chi connectivity index (χ2n) is 8.55. The molecule has 2 aliphatic heterocycles. The number of nitrogens with zero attached hydrogens (tertiary/aromatic N) is 1. The number of likely N-dealkylation sites (tertiary alicyclic amines) is 1. The van der Waals surface area contributed by atoms with Gasteiger partial charge in [-0.3, -0.25) is 10.1 Å². The van der Waals surface area contributed by atoms with E-state index < -0.39 is 18.1 Å². The minimum Gasteiger partial charge on any atom is -0.464 e. The summed E-state index contributed by atoms with van der Waals surface area (Å²) in [6.45, 7) is 2.56. The molecule has 2 fully saturated rings. The molecule has 0 bridgehead atoms. The SMILES string of the molecule is CC(NC(C=O)CCc1ccccc1)C(=O)N1CC2(CC1C(=O)OCCCCO)SCCS2. The number of carbonyl (C=O) groups excluding carboxylic acids is 3. The Kier molecular flexibility index (Phi) is 10.1. The fourth-order valence-corrected chi connectivity index (χ4v) is 7.52. The van der Waals surface area contributed by atoms with Gasteiger partial charge >= 0.3 is 5.97 Å². The molecule has 2 heterocycles. The lowest BCUT2D eigenvalue weighted by molar-refractivity contribution is -0.154. The molecular weight excluding hydrogens is 460 g/mol. The van der Waals surface area contributed by atoms with Crippen molar-refractivity contribution >= 4 is 41.7 Å². The standard InChI is InChI=1S/C24H34N2O5S2/c1-18(25-20(16-28)10-9-19-7-3-2-4-8-19)22(29)26-17-24(32-13-14-33-24)15-21(26)23(30)31-12-6-5-11-27/h2-4,7-8,16,18,20-21,25,27H,5-6,9-15,17H2,1H3. The van der Waals surface area contributed by atoms with Crippen molar-refractivity contribution in [3.63, 3.8) is 0 Å². The van der Waals surface area contributed by atoms with E-state index in [-0.39, 0.29) is 29.2 Å². The zero-order valence-electron chi connectivity index (χ0n) is 19.1. The van der Waals surface area contributed by atoms with Gasteiger partial charge in [-0.15, -0.1) is 23.5 Å². The van der Waals surface area contributed by atoms with Crippen LogP contribution in [0.25, 0.3) is 0 Å². The van der Waals surface area contributed by atoms with Crippen molar-refractivity contribution in [3.05, 3.63) is 35.9 Å². The molecule has 9 heteroatoms. The van der Waals surface area contributed by atoms with E-state index in [2.05, 4.69) is 5.32 Å². The number of thioether (sulfide) groups is 2. The highest BCUT2D eigenvalue weighted by atomic mass is 32.2. The van der Waals surface area contributed by atoms with Crippen LogP contribution in [0.3, 0.4) is 0 Å². The van der Waals surface area contributed by atoms with Crippen LogP contribution >= 0.6 is 23.5 Å². The van der Waals surface area contributed by atoms with E-state index in [1.807, 2.05) is 53.9 Å². The van der Waals surface area contributed by atoms with Crippen molar-refractivity contribution in [3.8, 4) is 0 Å². The summed E-state index contributed by atoms with van der Waals surface area (Å²) in [6, 6.07) is 8.28. The number of amides is 1. The topological polar surface area (TPSA) is 95.9 Å². The number of rotatable bonds is 12. The lowest BCUT2D eigenvalue weighted by Crippen LogP contribution is -2.52. The minimum atomic E-state index is -0.618. The molecule has 1 spiro atoms. The van der Waals surface area contributed by atoms with Gasteiger partial charge in [-0.1, -0.05) is 30.3 Å². The van der Waals surface area contributed by atoms with Gasteiger partial charge in [0.05, 0.1) is 22.8 Å². The number of aryl methyl sites for hydroxylation is 1. The Hall–Kier alpha value is -1.55. The summed E-state index contributed by atoms with van der Waals surface area (Å²) in [5.41, 5.74) is 1.14. The molecule has 2 saturated heterocycles. The van der Waals surface area contributed by atoms with E-state index in [1.54, 1.807) is 11.8 Å². The second kappa shape index (κ2) is 12.8. The molecule has 182 valence electrons. The van der Waals surface area contributed by atoms with E-state index in [0.717, 1.165) is 29.8 Å². The van der Waals surface area contributed by atoms with Crippen LogP contribution in [0.15, 0.2) is 30.3 Å². The minimum absolute atomic E-state index is 0.0628. The maximum atomic E-state index is 13.4. The summed E-state index contributed by atoms with van der Waals surface area (Å²) in [5.74, 6) is 1.45. The first-order chi connectivity index (χ1) is 16.0. The summed E-state index contributed by atoms with van der Waals surface area (Å²) in [6.07, 6.45) is 3.93. The first-order valence-electron chi connectivity index (χ1n) is 11.6. The normalized spacial score (nSPS) is 21.2. The number of nitrogens with one attached hydrogen (secondary N) is 1. The van der Waals surface area contributed by atoms with Crippen molar-refractivity contribution in [1.82, 2.24) is 10.2 Å². The van der Waals surface area contributed by atoms with E-state index in [9.17, 15) is 14.4 Å². The molecule has 3 rings (SSSR count). The van der Waals surface area contributed by atoms with Gasteiger partial charge in [0, 0.05) is 31.1 Å². The predicted molar refractivity (Wildman–Crippen MR) is 132 cm³/mol. The molecule has 3 atom stereocenters. The number of carbonyl (C=O) groups is 3. The van der Waals surface area contributed by atoms with Crippen LogP contribution in [0.2, 0.25) is 0 Å². The van der Waals surface area contributed by atoms with Crippen molar-refractivity contribution in [2.45, 2.75) is 61.2 Å². The highest BCUT2D eigenvalue weighted by Gasteiger charge is 2.52. The number of aliphatic hydroxyl groups is 1. The number of hydrogen-bond acceptors (Lipinski definition) is 8. The van der Waals surface area contributed by atoms with Gasteiger partial charge in [-0.2, -0.15) is 0 Å². The number of esters is 1.